The molecule has 3 rings (SSSR count). The van der Waals surface area contributed by atoms with E-state index in [0.717, 1.165) is 36.1 Å². The predicted molar refractivity (Wildman–Crippen MR) is 114 cm³/mol. The van der Waals surface area contributed by atoms with E-state index >= 15 is 0 Å². The quantitative estimate of drug-likeness (QED) is 0.743. The third kappa shape index (κ3) is 5.58. The van der Waals surface area contributed by atoms with Crippen LogP contribution in [0.4, 0.5) is 5.69 Å². The number of ether oxygens (including phenoxy) is 1. The fraction of sp³-hybridized carbons (Fsp3) is 0.409. The van der Waals surface area contributed by atoms with Crippen LogP contribution in [-0.4, -0.2) is 38.3 Å². The van der Waals surface area contributed by atoms with Gasteiger partial charge in [-0.1, -0.05) is 24.6 Å². The van der Waals surface area contributed by atoms with Crippen molar-refractivity contribution in [1.29, 1.82) is 0 Å². The minimum Gasteiger partial charge on any atom is -0.493 e. The van der Waals surface area contributed by atoms with Gasteiger partial charge in [0, 0.05) is 18.8 Å². The first-order valence-corrected chi connectivity index (χ1v) is 11.4. The maximum Gasteiger partial charge on any atom is 0.243 e. The van der Waals surface area contributed by atoms with Crippen molar-refractivity contribution in [2.75, 3.05) is 25.0 Å². The molecule has 0 unspecified atom stereocenters. The summed E-state index contributed by atoms with van der Waals surface area (Å²) in [6.07, 6.45) is 3.01. The first-order valence-electron chi connectivity index (χ1n) is 9.96. The van der Waals surface area contributed by atoms with Crippen molar-refractivity contribution < 1.29 is 17.9 Å². The Hall–Kier alpha value is -2.38. The molecule has 0 radical (unpaired) electrons. The fourth-order valence-corrected chi connectivity index (χ4v) is 4.87. The van der Waals surface area contributed by atoms with E-state index in [-0.39, 0.29) is 23.8 Å². The molecular weight excluding hydrogens is 388 g/mol. The van der Waals surface area contributed by atoms with E-state index < -0.39 is 10.0 Å². The predicted octanol–water partition coefficient (Wildman–Crippen LogP) is 3.89. The normalized spacial score (nSPS) is 15.1. The second kappa shape index (κ2) is 9.41. The number of amides is 1. The van der Waals surface area contributed by atoms with Crippen molar-refractivity contribution in [2.24, 2.45) is 0 Å². The molecule has 1 aliphatic rings. The van der Waals surface area contributed by atoms with Crippen LogP contribution in [0.5, 0.6) is 5.75 Å². The Labute approximate surface area is 172 Å². The van der Waals surface area contributed by atoms with E-state index in [9.17, 15) is 13.2 Å². The van der Waals surface area contributed by atoms with Gasteiger partial charge in [0.05, 0.1) is 17.9 Å². The molecule has 7 heteroatoms. The molecule has 1 fully saturated rings. The summed E-state index contributed by atoms with van der Waals surface area (Å²) in [4.78, 5) is 12.6. The second-order valence-electron chi connectivity index (χ2n) is 7.40. The highest BCUT2D eigenvalue weighted by Gasteiger charge is 2.26. The Morgan fingerprint density at radius 3 is 2.55 bits per heavy atom. The summed E-state index contributed by atoms with van der Waals surface area (Å²) in [6.45, 7) is 5.17. The zero-order chi connectivity index (χ0) is 20.9. The number of piperidine rings is 1. The van der Waals surface area contributed by atoms with Crippen molar-refractivity contribution in [3.63, 3.8) is 0 Å². The average Bonchev–Trinajstić information content (AvgIpc) is 2.70. The smallest absolute Gasteiger partial charge is 0.243 e. The molecule has 156 valence electrons. The fourth-order valence-electron chi connectivity index (χ4n) is 3.33. The molecule has 1 amide bonds. The molecule has 1 saturated heterocycles. The maximum atomic E-state index is 12.9. The lowest BCUT2D eigenvalue weighted by Crippen LogP contribution is -2.35. The zero-order valence-electron chi connectivity index (χ0n) is 17.0. The van der Waals surface area contributed by atoms with Gasteiger partial charge in [-0.15, -0.1) is 0 Å². The van der Waals surface area contributed by atoms with Crippen LogP contribution >= 0.6 is 0 Å². The summed E-state index contributed by atoms with van der Waals surface area (Å²) >= 11 is 0. The number of aryl methyl sites for hydroxylation is 2. The summed E-state index contributed by atoms with van der Waals surface area (Å²) < 4.78 is 32.9. The Balaban J connectivity index is 1.62. The van der Waals surface area contributed by atoms with E-state index in [1.165, 1.54) is 4.31 Å². The van der Waals surface area contributed by atoms with Gasteiger partial charge in [-0.2, -0.15) is 4.31 Å². The molecule has 0 saturated carbocycles. The van der Waals surface area contributed by atoms with Crippen molar-refractivity contribution in [3.05, 3.63) is 53.6 Å². The summed E-state index contributed by atoms with van der Waals surface area (Å²) in [5.41, 5.74) is 2.42. The number of hydrogen-bond acceptors (Lipinski definition) is 4. The topological polar surface area (TPSA) is 75.7 Å². The molecule has 0 bridgehead atoms. The average molecular weight is 417 g/mol. The Morgan fingerprint density at radius 1 is 1.07 bits per heavy atom. The number of carbonyl (C=O) groups is 1. The van der Waals surface area contributed by atoms with Gasteiger partial charge in [0.25, 0.3) is 0 Å². The molecule has 2 aromatic carbocycles. The van der Waals surface area contributed by atoms with Crippen molar-refractivity contribution in [1.82, 2.24) is 4.31 Å². The molecule has 1 aliphatic heterocycles. The Morgan fingerprint density at radius 2 is 1.83 bits per heavy atom. The van der Waals surface area contributed by atoms with E-state index in [4.69, 9.17) is 4.74 Å². The number of rotatable bonds is 7. The number of nitrogens with one attached hydrogen (secondary N) is 1. The van der Waals surface area contributed by atoms with Gasteiger partial charge in [-0.3, -0.25) is 4.79 Å². The molecule has 0 spiro atoms. The van der Waals surface area contributed by atoms with Crippen LogP contribution in [0.25, 0.3) is 0 Å². The molecular formula is C22H28N2O4S. The maximum absolute atomic E-state index is 12.9. The monoisotopic (exact) mass is 416 g/mol. The first kappa shape index (κ1) is 21.3. The van der Waals surface area contributed by atoms with Crippen molar-refractivity contribution in [2.45, 2.75) is 44.4 Å². The standard InChI is InChI=1S/C22H28N2O4S/c1-17-7-6-8-19(15-17)28-14-11-22(25)23-21-16-20(10-9-18(21)2)29(26,27)24-12-4-3-5-13-24/h6-10,15-16H,3-5,11-14H2,1-2H3,(H,23,25). The van der Waals surface area contributed by atoms with Gasteiger partial charge in [0.1, 0.15) is 5.75 Å². The van der Waals surface area contributed by atoms with Crippen LogP contribution in [-0.2, 0) is 14.8 Å². The van der Waals surface area contributed by atoms with E-state index in [1.807, 2.05) is 38.1 Å². The summed E-state index contributed by atoms with van der Waals surface area (Å²) in [6, 6.07) is 12.5. The van der Waals surface area contributed by atoms with E-state index in [1.54, 1.807) is 18.2 Å². The highest BCUT2D eigenvalue weighted by Crippen LogP contribution is 2.25. The highest BCUT2D eigenvalue weighted by molar-refractivity contribution is 7.89. The van der Waals surface area contributed by atoms with E-state index in [0.29, 0.717) is 18.8 Å². The number of nitrogens with zero attached hydrogens (tertiary/aromatic N) is 1. The lowest BCUT2D eigenvalue weighted by Gasteiger charge is -2.26. The van der Waals surface area contributed by atoms with Gasteiger partial charge in [-0.25, -0.2) is 8.42 Å². The van der Waals surface area contributed by atoms with Gasteiger partial charge >= 0.3 is 0 Å². The summed E-state index contributed by atoms with van der Waals surface area (Å²) in [7, 11) is -3.54. The van der Waals surface area contributed by atoms with Crippen molar-refractivity contribution >= 4 is 21.6 Å². The molecule has 6 nitrogen and oxygen atoms in total. The third-order valence-corrected chi connectivity index (χ3v) is 6.92. The number of benzene rings is 2. The van der Waals surface area contributed by atoms with Crippen LogP contribution < -0.4 is 10.1 Å². The van der Waals surface area contributed by atoms with Crippen LogP contribution in [0, 0.1) is 13.8 Å². The third-order valence-electron chi connectivity index (χ3n) is 5.02. The van der Waals surface area contributed by atoms with Crippen LogP contribution in [0.2, 0.25) is 0 Å². The highest BCUT2D eigenvalue weighted by atomic mass is 32.2. The summed E-state index contributed by atoms with van der Waals surface area (Å²) in [5, 5.41) is 2.82. The van der Waals surface area contributed by atoms with Gasteiger partial charge in [0.2, 0.25) is 15.9 Å². The molecule has 1 N–H and O–H groups in total. The van der Waals surface area contributed by atoms with Crippen LogP contribution in [0.1, 0.15) is 36.8 Å². The lowest BCUT2D eigenvalue weighted by atomic mass is 10.2. The molecule has 0 atom stereocenters. The first-order chi connectivity index (χ1) is 13.9. The minimum absolute atomic E-state index is 0.177. The minimum atomic E-state index is -3.54. The SMILES string of the molecule is Cc1cccc(OCCC(=O)Nc2cc(S(=O)(=O)N3CCCCC3)ccc2C)c1. The molecule has 0 aromatic heterocycles. The number of anilines is 1. The Bertz CT molecular complexity index is 967. The summed E-state index contributed by atoms with van der Waals surface area (Å²) in [5.74, 6) is 0.511. The zero-order valence-corrected chi connectivity index (χ0v) is 17.8. The molecule has 1 heterocycles. The molecule has 2 aromatic rings. The molecule has 29 heavy (non-hydrogen) atoms. The second-order valence-corrected chi connectivity index (χ2v) is 9.34. The van der Waals surface area contributed by atoms with Crippen LogP contribution in [0.15, 0.2) is 47.4 Å². The van der Waals surface area contributed by atoms with Gasteiger partial charge in [-0.05, 0) is 62.1 Å². The lowest BCUT2D eigenvalue weighted by molar-refractivity contribution is -0.116. The Kier molecular flexibility index (Phi) is 6.92. The van der Waals surface area contributed by atoms with Gasteiger partial charge < -0.3 is 10.1 Å². The number of sulfonamides is 1. The van der Waals surface area contributed by atoms with Crippen molar-refractivity contribution in [3.8, 4) is 5.75 Å². The molecule has 0 aliphatic carbocycles. The largest absolute Gasteiger partial charge is 0.493 e. The van der Waals surface area contributed by atoms with Gasteiger partial charge in [0.15, 0.2) is 0 Å². The number of hydrogen-bond donors (Lipinski definition) is 1. The number of carbonyl (C=O) groups excluding carboxylic acids is 1. The van der Waals surface area contributed by atoms with E-state index in [2.05, 4.69) is 5.32 Å². The van der Waals surface area contributed by atoms with Crippen LogP contribution in [0.3, 0.4) is 0 Å².